The third-order valence-corrected chi connectivity index (χ3v) is 10.3. The summed E-state index contributed by atoms with van der Waals surface area (Å²) < 4.78 is 0. The Hall–Kier alpha value is -1.66. The molecular formula is C34H57N3O5. The zero-order chi connectivity index (χ0) is 29.7. The van der Waals surface area contributed by atoms with Crippen LogP contribution in [0.4, 0.5) is 0 Å². The van der Waals surface area contributed by atoms with E-state index in [1.807, 2.05) is 0 Å². The number of rotatable bonds is 12. The molecule has 1 saturated heterocycles. The molecular weight excluding hydrogens is 530 g/mol. The maximum Gasteiger partial charge on any atom is 0.240 e. The normalized spacial score (nSPS) is 30.3. The molecule has 0 radical (unpaired) electrons. The van der Waals surface area contributed by atoms with E-state index in [1.165, 1.54) is 44.9 Å². The smallest absolute Gasteiger partial charge is 0.240 e. The second-order valence-electron chi connectivity index (χ2n) is 13.6. The van der Waals surface area contributed by atoms with Crippen LogP contribution in [-0.2, 0) is 14.4 Å². The summed E-state index contributed by atoms with van der Waals surface area (Å²) in [6.45, 7) is 3.07. The van der Waals surface area contributed by atoms with Crippen LogP contribution in [0.1, 0.15) is 116 Å². The highest BCUT2D eigenvalue weighted by Gasteiger charge is 2.49. The first-order valence-corrected chi connectivity index (χ1v) is 17.2. The Morgan fingerprint density at radius 1 is 0.905 bits per heavy atom. The molecule has 2 unspecified atom stereocenters. The van der Waals surface area contributed by atoms with Gasteiger partial charge in [-0.05, 0) is 57.3 Å². The molecule has 4 rings (SSSR count). The van der Waals surface area contributed by atoms with Gasteiger partial charge in [-0.2, -0.15) is 5.06 Å². The maximum atomic E-state index is 13.5. The molecule has 3 aliphatic carbocycles. The van der Waals surface area contributed by atoms with Gasteiger partial charge in [0.1, 0.15) is 12.1 Å². The Kier molecular flexibility index (Phi) is 13.9. The summed E-state index contributed by atoms with van der Waals surface area (Å²) in [5.74, 6) is 7.72. The minimum atomic E-state index is -0.775. The molecule has 0 aromatic rings. The number of nitrogens with one attached hydrogen (secondary N) is 2. The van der Waals surface area contributed by atoms with Crippen molar-refractivity contribution in [3.63, 3.8) is 0 Å². The third-order valence-electron chi connectivity index (χ3n) is 10.3. The van der Waals surface area contributed by atoms with E-state index in [4.69, 9.17) is 4.84 Å². The molecule has 0 spiro atoms. The largest absolute Gasteiger partial charge is 0.394 e. The molecule has 1 heterocycles. The fourth-order valence-electron chi connectivity index (χ4n) is 7.92. The topological polar surface area (TPSA) is 111 Å². The van der Waals surface area contributed by atoms with Crippen LogP contribution in [-0.4, -0.2) is 71.6 Å². The molecule has 4 aliphatic rings. The average molecular weight is 588 g/mol. The van der Waals surface area contributed by atoms with Gasteiger partial charge in [0.25, 0.3) is 0 Å². The number of carbonyl (C=O) groups is 2. The molecule has 42 heavy (non-hydrogen) atoms. The molecule has 1 aliphatic heterocycles. The van der Waals surface area contributed by atoms with Crippen molar-refractivity contribution < 1.29 is 24.6 Å². The van der Waals surface area contributed by atoms with E-state index in [0.29, 0.717) is 25.6 Å². The molecule has 0 aromatic heterocycles. The van der Waals surface area contributed by atoms with Crippen LogP contribution in [0.25, 0.3) is 0 Å². The highest BCUT2D eigenvalue weighted by atomic mass is 16.7. The van der Waals surface area contributed by atoms with Crippen LogP contribution in [0.15, 0.2) is 0 Å². The van der Waals surface area contributed by atoms with Gasteiger partial charge in [-0.1, -0.05) is 82.5 Å². The number of aliphatic hydroxyl groups excluding tert-OH is 2. The minimum absolute atomic E-state index is 0.115. The predicted octanol–water partition coefficient (Wildman–Crippen LogP) is 4.33. The van der Waals surface area contributed by atoms with Gasteiger partial charge in [-0.25, -0.2) is 0 Å². The molecule has 3 saturated carbocycles. The fraction of sp³-hybridized carbons (Fsp3) is 0.882. The Balaban J connectivity index is 1.25. The summed E-state index contributed by atoms with van der Waals surface area (Å²) in [5.41, 5.74) is 0. The van der Waals surface area contributed by atoms with Crippen molar-refractivity contribution in [2.24, 2.45) is 29.6 Å². The van der Waals surface area contributed by atoms with E-state index >= 15 is 0 Å². The maximum absolute atomic E-state index is 13.5. The summed E-state index contributed by atoms with van der Waals surface area (Å²) in [7, 11) is 0. The Morgan fingerprint density at radius 3 is 2.33 bits per heavy atom. The van der Waals surface area contributed by atoms with E-state index in [-0.39, 0.29) is 30.3 Å². The van der Waals surface area contributed by atoms with Crippen molar-refractivity contribution in [3.8, 4) is 11.8 Å². The minimum Gasteiger partial charge on any atom is -0.394 e. The van der Waals surface area contributed by atoms with Gasteiger partial charge in [0.05, 0.1) is 19.3 Å². The van der Waals surface area contributed by atoms with Crippen LogP contribution in [0.5, 0.6) is 0 Å². The van der Waals surface area contributed by atoms with Gasteiger partial charge in [0.15, 0.2) is 0 Å². The van der Waals surface area contributed by atoms with Crippen LogP contribution in [0.2, 0.25) is 0 Å². The zero-order valence-corrected chi connectivity index (χ0v) is 26.0. The summed E-state index contributed by atoms with van der Waals surface area (Å²) in [4.78, 5) is 32.0. The van der Waals surface area contributed by atoms with Gasteiger partial charge in [0.2, 0.25) is 11.8 Å². The number of hydrogen-bond donors (Lipinski definition) is 4. The molecule has 2 amide bonds. The number of hydrogen-bond acceptors (Lipinski definition) is 6. The fourth-order valence-corrected chi connectivity index (χ4v) is 7.92. The van der Waals surface area contributed by atoms with Crippen molar-refractivity contribution in [1.82, 2.24) is 15.7 Å². The van der Waals surface area contributed by atoms with Crippen molar-refractivity contribution in [3.05, 3.63) is 0 Å². The van der Waals surface area contributed by atoms with E-state index in [9.17, 15) is 19.8 Å². The van der Waals surface area contributed by atoms with Gasteiger partial charge in [0, 0.05) is 30.8 Å². The van der Waals surface area contributed by atoms with Crippen LogP contribution in [0.3, 0.4) is 0 Å². The number of amides is 2. The van der Waals surface area contributed by atoms with Crippen LogP contribution >= 0.6 is 0 Å². The van der Waals surface area contributed by atoms with E-state index in [2.05, 4.69) is 22.5 Å². The number of unbranched alkanes of at least 4 members (excludes halogenated alkanes) is 1. The summed E-state index contributed by atoms with van der Waals surface area (Å²) in [5, 5.41) is 28.5. The van der Waals surface area contributed by atoms with Crippen molar-refractivity contribution in [1.29, 1.82) is 0 Å². The van der Waals surface area contributed by atoms with Gasteiger partial charge < -0.3 is 20.8 Å². The summed E-state index contributed by atoms with van der Waals surface area (Å²) >= 11 is 0. The molecule has 6 atom stereocenters. The Labute approximate surface area is 254 Å². The van der Waals surface area contributed by atoms with E-state index < -0.39 is 24.2 Å². The lowest BCUT2D eigenvalue weighted by Crippen LogP contribution is -2.50. The summed E-state index contributed by atoms with van der Waals surface area (Å²) in [6.07, 6.45) is 18.3. The van der Waals surface area contributed by atoms with E-state index in [1.54, 1.807) is 12.0 Å². The summed E-state index contributed by atoms with van der Waals surface area (Å²) in [6, 6.07) is -0.623. The van der Waals surface area contributed by atoms with Crippen molar-refractivity contribution in [2.45, 2.75) is 134 Å². The first-order valence-electron chi connectivity index (χ1n) is 17.2. The van der Waals surface area contributed by atoms with Gasteiger partial charge in [-0.15, -0.1) is 0 Å². The monoisotopic (exact) mass is 587 g/mol. The number of nitrogens with zero attached hydrogens (tertiary/aromatic N) is 1. The number of hydroxylamine groups is 2. The quantitative estimate of drug-likeness (QED) is 0.200. The predicted molar refractivity (Wildman–Crippen MR) is 164 cm³/mol. The van der Waals surface area contributed by atoms with E-state index in [0.717, 1.165) is 70.1 Å². The Bertz CT molecular complexity index is 889. The molecule has 238 valence electrons. The number of aliphatic hydroxyl groups is 2. The van der Waals surface area contributed by atoms with Crippen molar-refractivity contribution >= 4 is 11.8 Å². The highest BCUT2D eigenvalue weighted by Crippen LogP contribution is 2.35. The highest BCUT2D eigenvalue weighted by molar-refractivity contribution is 5.82. The average Bonchev–Trinajstić information content (AvgIpc) is 3.38. The molecule has 4 N–H and O–H groups in total. The lowest BCUT2D eigenvalue weighted by molar-refractivity contribution is -0.183. The first-order chi connectivity index (χ1) is 20.5. The molecule has 0 aromatic carbocycles. The van der Waals surface area contributed by atoms with Crippen LogP contribution < -0.4 is 10.6 Å². The third kappa shape index (κ3) is 9.94. The van der Waals surface area contributed by atoms with Gasteiger partial charge >= 0.3 is 0 Å². The zero-order valence-electron chi connectivity index (χ0n) is 26.0. The van der Waals surface area contributed by atoms with Crippen molar-refractivity contribution in [2.75, 3.05) is 26.2 Å². The first kappa shape index (κ1) is 33.2. The SMILES string of the molecule is C[C@@H](O)[C@H]1[C@@H](CO)ON(CC2CCCC(C#CCNC(=O)C3CCCCC3)C2)[C@H]1C(=O)NCCCCC1CCCCC1. The van der Waals surface area contributed by atoms with Crippen LogP contribution in [0, 0.1) is 41.4 Å². The Morgan fingerprint density at radius 2 is 1.62 bits per heavy atom. The molecule has 8 nitrogen and oxygen atoms in total. The standard InChI is InChI=1S/C34H57N3O5/c1-25(39)31-30(24-38)42-37(32(31)34(41)36-20-9-8-14-26-12-4-2-5-13-26)23-28-16-10-15-27(22-28)17-11-21-35-33(40)29-18-6-3-7-19-29/h25-32,38-39H,2-10,12-16,18-24H2,1H3,(H,35,40)(H,36,41)/t25-,27?,28?,30-,31+,32-/m1/s1. The molecule has 4 fully saturated rings. The molecule has 8 heteroatoms. The lowest BCUT2D eigenvalue weighted by atomic mass is 9.81. The lowest BCUT2D eigenvalue weighted by Gasteiger charge is -2.32. The number of carbonyl (C=O) groups excluding carboxylic acids is 2. The second kappa shape index (κ2) is 17.6. The second-order valence-corrected chi connectivity index (χ2v) is 13.6. The van der Waals surface area contributed by atoms with Gasteiger partial charge in [-0.3, -0.25) is 14.4 Å². The molecule has 0 bridgehead atoms.